The molecule has 0 aliphatic rings. The Hall–Kier alpha value is -0.770. The first-order chi connectivity index (χ1) is 7.15. The summed E-state index contributed by atoms with van der Waals surface area (Å²) in [5.74, 6) is 0.512. The molecule has 0 saturated heterocycles. The second-order valence-electron chi connectivity index (χ2n) is 2.89. The van der Waals surface area contributed by atoms with Crippen LogP contribution in [0.5, 0.6) is 0 Å². The van der Waals surface area contributed by atoms with E-state index in [2.05, 4.69) is 14.7 Å². The fourth-order valence-corrected chi connectivity index (χ4v) is 1.59. The molecule has 2 aromatic rings. The van der Waals surface area contributed by atoms with Gasteiger partial charge in [-0.3, -0.25) is 0 Å². The van der Waals surface area contributed by atoms with E-state index in [1.165, 1.54) is 0 Å². The molecule has 0 amide bonds. The first kappa shape index (κ1) is 10.7. The van der Waals surface area contributed by atoms with E-state index in [1.54, 1.807) is 12.1 Å². The second-order valence-corrected chi connectivity index (χ2v) is 4.03. The van der Waals surface area contributed by atoms with Crippen molar-refractivity contribution in [1.82, 2.24) is 10.1 Å². The van der Waals surface area contributed by atoms with Crippen molar-refractivity contribution in [3.8, 4) is 0 Å². The molecule has 0 aliphatic carbocycles. The Kier molecular flexibility index (Phi) is 3.14. The molecule has 0 radical (unpaired) electrons. The van der Waals surface area contributed by atoms with Gasteiger partial charge >= 0.3 is 5.35 Å². The van der Waals surface area contributed by atoms with Gasteiger partial charge in [0, 0.05) is 6.42 Å². The molecule has 0 N–H and O–H groups in total. The van der Waals surface area contributed by atoms with E-state index >= 15 is 0 Å². The van der Waals surface area contributed by atoms with Gasteiger partial charge in [0.2, 0.25) is 0 Å². The van der Waals surface area contributed by atoms with Crippen LogP contribution >= 0.6 is 34.8 Å². The summed E-state index contributed by atoms with van der Waals surface area (Å²) in [6.07, 6.45) is 0.507. The Bertz CT molecular complexity index is 484. The first-order valence-corrected chi connectivity index (χ1v) is 5.20. The number of benzene rings is 1. The van der Waals surface area contributed by atoms with E-state index in [1.807, 2.05) is 6.07 Å². The Morgan fingerprint density at radius 1 is 1.13 bits per heavy atom. The lowest BCUT2D eigenvalue weighted by atomic mass is 10.1. The molecule has 15 heavy (non-hydrogen) atoms. The molecule has 0 fully saturated rings. The van der Waals surface area contributed by atoms with Gasteiger partial charge in [-0.05, 0) is 29.3 Å². The highest BCUT2D eigenvalue weighted by Crippen LogP contribution is 2.23. The summed E-state index contributed by atoms with van der Waals surface area (Å²) in [6.45, 7) is 0. The number of rotatable bonds is 2. The Morgan fingerprint density at radius 2 is 1.93 bits per heavy atom. The maximum absolute atomic E-state index is 5.86. The van der Waals surface area contributed by atoms with E-state index in [-0.39, 0.29) is 5.35 Å². The number of hydrogen-bond donors (Lipinski definition) is 0. The molecular weight excluding hydrogens is 258 g/mol. The molecule has 0 spiro atoms. The minimum Gasteiger partial charge on any atom is -0.321 e. The van der Waals surface area contributed by atoms with Gasteiger partial charge < -0.3 is 4.52 Å². The molecule has 0 saturated carbocycles. The van der Waals surface area contributed by atoms with Gasteiger partial charge in [0.15, 0.2) is 5.82 Å². The summed E-state index contributed by atoms with van der Waals surface area (Å²) in [5, 5.41) is 4.72. The van der Waals surface area contributed by atoms with E-state index in [0.717, 1.165) is 5.56 Å². The van der Waals surface area contributed by atoms with Crippen molar-refractivity contribution in [3.63, 3.8) is 0 Å². The lowest BCUT2D eigenvalue weighted by Crippen LogP contribution is -1.90. The van der Waals surface area contributed by atoms with Gasteiger partial charge in [-0.25, -0.2) is 0 Å². The molecule has 6 heteroatoms. The van der Waals surface area contributed by atoms with Crippen molar-refractivity contribution in [1.29, 1.82) is 0 Å². The standard InChI is InChI=1S/C9H5Cl3N2O/c10-6-2-1-5(3-7(6)11)4-8-13-9(12)15-14-8/h1-3H,4H2. The average molecular weight is 264 g/mol. The van der Waals surface area contributed by atoms with Crippen molar-refractivity contribution >= 4 is 34.8 Å². The van der Waals surface area contributed by atoms with Crippen molar-refractivity contribution in [3.05, 3.63) is 45.0 Å². The van der Waals surface area contributed by atoms with Crippen molar-refractivity contribution < 1.29 is 4.52 Å². The van der Waals surface area contributed by atoms with Crippen LogP contribution in [-0.2, 0) is 6.42 Å². The Morgan fingerprint density at radius 3 is 2.53 bits per heavy atom. The van der Waals surface area contributed by atoms with Crippen molar-refractivity contribution in [2.24, 2.45) is 0 Å². The van der Waals surface area contributed by atoms with E-state index < -0.39 is 0 Å². The third-order valence-corrected chi connectivity index (χ3v) is 2.68. The molecule has 1 aromatic carbocycles. The Labute approximate surface area is 101 Å². The molecular formula is C9H5Cl3N2O. The monoisotopic (exact) mass is 262 g/mol. The zero-order valence-electron chi connectivity index (χ0n) is 7.38. The molecule has 2 rings (SSSR count). The minimum absolute atomic E-state index is 0.0325. The van der Waals surface area contributed by atoms with Crippen molar-refractivity contribution in [2.45, 2.75) is 6.42 Å². The normalized spacial score (nSPS) is 10.6. The highest BCUT2D eigenvalue weighted by Gasteiger charge is 2.06. The Balaban J connectivity index is 2.21. The van der Waals surface area contributed by atoms with Gasteiger partial charge in [-0.1, -0.05) is 34.4 Å². The molecule has 0 aliphatic heterocycles. The molecule has 0 bridgehead atoms. The van der Waals surface area contributed by atoms with Crippen LogP contribution < -0.4 is 0 Å². The van der Waals surface area contributed by atoms with Crippen LogP contribution in [0.25, 0.3) is 0 Å². The fraction of sp³-hybridized carbons (Fsp3) is 0.111. The van der Waals surface area contributed by atoms with Gasteiger partial charge in [0.05, 0.1) is 10.0 Å². The largest absolute Gasteiger partial charge is 0.321 e. The van der Waals surface area contributed by atoms with Crippen LogP contribution in [0.2, 0.25) is 15.4 Å². The van der Waals surface area contributed by atoms with Gasteiger partial charge in [-0.2, -0.15) is 4.98 Å². The predicted molar refractivity (Wildman–Crippen MR) is 58.6 cm³/mol. The minimum atomic E-state index is 0.0325. The molecule has 1 aromatic heterocycles. The van der Waals surface area contributed by atoms with E-state index in [4.69, 9.17) is 34.8 Å². The van der Waals surface area contributed by atoms with Gasteiger partial charge in [-0.15, -0.1) is 0 Å². The van der Waals surface area contributed by atoms with Crippen molar-refractivity contribution in [2.75, 3.05) is 0 Å². The smallest absolute Gasteiger partial charge is 0.320 e. The number of hydrogen-bond acceptors (Lipinski definition) is 3. The number of nitrogens with zero attached hydrogens (tertiary/aromatic N) is 2. The van der Waals surface area contributed by atoms with Crippen LogP contribution in [0.1, 0.15) is 11.4 Å². The fourth-order valence-electron chi connectivity index (χ4n) is 1.14. The SMILES string of the molecule is Clc1nc(Cc2ccc(Cl)c(Cl)c2)no1. The molecule has 3 nitrogen and oxygen atoms in total. The zero-order chi connectivity index (χ0) is 10.8. The van der Waals surface area contributed by atoms with Crippen LogP contribution in [0.4, 0.5) is 0 Å². The average Bonchev–Trinajstić information content (AvgIpc) is 2.58. The molecule has 0 unspecified atom stereocenters. The van der Waals surface area contributed by atoms with Crippen LogP contribution in [-0.4, -0.2) is 10.1 Å². The predicted octanol–water partition coefficient (Wildman–Crippen LogP) is 3.62. The number of aromatic nitrogens is 2. The van der Waals surface area contributed by atoms with Gasteiger partial charge in [0.1, 0.15) is 0 Å². The molecule has 0 atom stereocenters. The topological polar surface area (TPSA) is 38.9 Å². The van der Waals surface area contributed by atoms with Crippen LogP contribution in [0.3, 0.4) is 0 Å². The molecule has 78 valence electrons. The number of halogens is 3. The first-order valence-electron chi connectivity index (χ1n) is 4.07. The maximum atomic E-state index is 5.86. The summed E-state index contributed by atoms with van der Waals surface area (Å²) in [4.78, 5) is 3.87. The third-order valence-electron chi connectivity index (χ3n) is 1.79. The lowest BCUT2D eigenvalue weighted by Gasteiger charge is -1.99. The highest BCUT2D eigenvalue weighted by atomic mass is 35.5. The lowest BCUT2D eigenvalue weighted by molar-refractivity contribution is 0.413. The zero-order valence-corrected chi connectivity index (χ0v) is 9.64. The van der Waals surface area contributed by atoms with Crippen LogP contribution in [0.15, 0.2) is 22.7 Å². The molecule has 1 heterocycles. The summed E-state index contributed by atoms with van der Waals surface area (Å²) in [5.41, 5.74) is 0.946. The van der Waals surface area contributed by atoms with Crippen LogP contribution in [0, 0.1) is 0 Å². The summed E-state index contributed by atoms with van der Waals surface area (Å²) < 4.78 is 4.64. The summed E-state index contributed by atoms with van der Waals surface area (Å²) in [6, 6.07) is 5.33. The summed E-state index contributed by atoms with van der Waals surface area (Å²) in [7, 11) is 0. The highest BCUT2D eigenvalue weighted by molar-refractivity contribution is 6.42. The summed E-state index contributed by atoms with van der Waals surface area (Å²) >= 11 is 17.1. The van der Waals surface area contributed by atoms with E-state index in [0.29, 0.717) is 22.3 Å². The quantitative estimate of drug-likeness (QED) is 0.830. The maximum Gasteiger partial charge on any atom is 0.320 e. The second kappa shape index (κ2) is 4.39. The third kappa shape index (κ3) is 2.62. The van der Waals surface area contributed by atoms with E-state index in [9.17, 15) is 0 Å². The van der Waals surface area contributed by atoms with Gasteiger partial charge in [0.25, 0.3) is 0 Å².